The second-order valence-electron chi connectivity index (χ2n) is 9.43. The second-order valence-corrected chi connectivity index (χ2v) is 9.81. The van der Waals surface area contributed by atoms with Crippen LogP contribution in [-0.4, -0.2) is 45.6 Å². The van der Waals surface area contributed by atoms with E-state index in [-0.39, 0.29) is 41.5 Å². The lowest BCUT2D eigenvalue weighted by molar-refractivity contribution is -0.119. The molecule has 2 atom stereocenters. The van der Waals surface area contributed by atoms with E-state index in [1.807, 2.05) is 0 Å². The number of benzene rings is 2. The number of hydrogen-bond acceptors (Lipinski definition) is 4. The average molecular weight is 568 g/mol. The molecule has 202 valence electrons. The van der Waals surface area contributed by atoms with E-state index in [2.05, 4.69) is 15.7 Å². The van der Waals surface area contributed by atoms with Gasteiger partial charge in [0.1, 0.15) is 17.5 Å². The maximum Gasteiger partial charge on any atom is 0.256 e. The Kier molecular flexibility index (Phi) is 8.06. The molecule has 3 heterocycles. The predicted molar refractivity (Wildman–Crippen MR) is 139 cm³/mol. The number of halogens is 5. The van der Waals surface area contributed by atoms with Crippen LogP contribution in [0.4, 0.5) is 13.2 Å². The molecule has 2 unspecified atom stereocenters. The molecule has 2 N–H and O–H groups in total. The predicted octanol–water partition coefficient (Wildman–Crippen LogP) is 4.32. The van der Waals surface area contributed by atoms with Crippen LogP contribution < -0.4 is 10.6 Å². The largest absolute Gasteiger partial charge is 0.354 e. The van der Waals surface area contributed by atoms with Crippen LogP contribution in [0, 0.1) is 17.5 Å². The van der Waals surface area contributed by atoms with Crippen LogP contribution in [0.3, 0.4) is 0 Å². The molecule has 1 saturated heterocycles. The normalized spacial score (nSPS) is 18.7. The minimum Gasteiger partial charge on any atom is -0.354 e. The van der Waals surface area contributed by atoms with Gasteiger partial charge in [0.05, 0.1) is 28.0 Å². The van der Waals surface area contributed by atoms with Crippen LogP contribution in [0.1, 0.15) is 46.6 Å². The summed E-state index contributed by atoms with van der Waals surface area (Å²) < 4.78 is 43.9. The number of aromatic nitrogens is 2. The summed E-state index contributed by atoms with van der Waals surface area (Å²) >= 11 is 6.57. The van der Waals surface area contributed by atoms with Gasteiger partial charge in [-0.15, -0.1) is 12.4 Å². The van der Waals surface area contributed by atoms with Crippen molar-refractivity contribution in [3.63, 3.8) is 0 Å². The summed E-state index contributed by atoms with van der Waals surface area (Å²) in [5.74, 6) is -2.47. The summed E-state index contributed by atoms with van der Waals surface area (Å²) in [4.78, 5) is 26.6. The Bertz CT molecular complexity index is 1390. The second kappa shape index (κ2) is 11.0. The van der Waals surface area contributed by atoms with Gasteiger partial charge in [0.15, 0.2) is 0 Å². The van der Waals surface area contributed by atoms with Crippen LogP contribution in [0.2, 0.25) is 5.02 Å². The van der Waals surface area contributed by atoms with Gasteiger partial charge in [-0.25, -0.2) is 13.2 Å². The van der Waals surface area contributed by atoms with E-state index in [1.54, 1.807) is 23.6 Å². The highest BCUT2D eigenvalue weighted by molar-refractivity contribution is 6.34. The van der Waals surface area contributed by atoms with Gasteiger partial charge in [-0.1, -0.05) is 11.6 Å². The Hall–Kier alpha value is -3.08. The van der Waals surface area contributed by atoms with Crippen molar-refractivity contribution in [3.05, 3.63) is 75.2 Å². The van der Waals surface area contributed by atoms with Gasteiger partial charge in [-0.2, -0.15) is 5.10 Å². The first-order valence-corrected chi connectivity index (χ1v) is 12.3. The van der Waals surface area contributed by atoms with E-state index < -0.39 is 29.4 Å². The maximum absolute atomic E-state index is 14.5. The summed E-state index contributed by atoms with van der Waals surface area (Å²) in [6.07, 6.45) is 0.720. The minimum absolute atomic E-state index is 0. The first-order valence-electron chi connectivity index (χ1n) is 11.9. The van der Waals surface area contributed by atoms with E-state index in [4.69, 9.17) is 11.6 Å². The number of aryl methyl sites for hydroxylation is 1. The monoisotopic (exact) mass is 567 g/mol. The molecule has 2 aliphatic heterocycles. The molecule has 0 saturated carbocycles. The van der Waals surface area contributed by atoms with Crippen LogP contribution in [0.5, 0.6) is 0 Å². The molecule has 0 aliphatic carbocycles. The Labute approximate surface area is 228 Å². The molecule has 0 radical (unpaired) electrons. The number of nitrogens with one attached hydrogen (secondary N) is 2. The Morgan fingerprint density at radius 3 is 2.50 bits per heavy atom. The maximum atomic E-state index is 14.5. The lowest BCUT2D eigenvalue weighted by Crippen LogP contribution is -2.39. The molecule has 38 heavy (non-hydrogen) atoms. The van der Waals surface area contributed by atoms with Gasteiger partial charge in [-0.3, -0.25) is 14.3 Å². The van der Waals surface area contributed by atoms with Gasteiger partial charge < -0.3 is 15.5 Å². The molecule has 5 rings (SSSR count). The summed E-state index contributed by atoms with van der Waals surface area (Å²) in [6.45, 7) is 2.77. The third-order valence-electron chi connectivity index (χ3n) is 6.94. The van der Waals surface area contributed by atoms with Crippen LogP contribution >= 0.6 is 24.0 Å². The number of fused-ring (bicyclic) bond motifs is 1. The van der Waals surface area contributed by atoms with Gasteiger partial charge in [0.2, 0.25) is 5.91 Å². The summed E-state index contributed by atoms with van der Waals surface area (Å²) in [7, 11) is 1.69. The van der Waals surface area contributed by atoms with Crippen LogP contribution in [0.15, 0.2) is 30.3 Å². The van der Waals surface area contributed by atoms with Crippen molar-refractivity contribution in [2.24, 2.45) is 7.05 Å². The number of rotatable bonds is 5. The highest BCUT2D eigenvalue weighted by atomic mass is 35.5. The van der Waals surface area contributed by atoms with Crippen molar-refractivity contribution in [1.29, 1.82) is 0 Å². The van der Waals surface area contributed by atoms with E-state index in [1.165, 1.54) is 18.2 Å². The molecule has 0 bridgehead atoms. The standard InChI is InChI=1S/C26H25ClF3N5O2.ClH/c1-13-24-20(25(34(2)33-24)14-5-16(28)8-17(29)6-14)3-4-35(13)26(37)21-9-18(30)7-15(23(21)27)11-31-19-10-22(36)32-12-19;/h5-9,13,19,31H,3-4,10-12H2,1-2H3,(H,32,36);1H. The number of carbonyl (C=O) groups is 2. The molecule has 12 heteroatoms. The molecule has 7 nitrogen and oxygen atoms in total. The fourth-order valence-electron chi connectivity index (χ4n) is 5.16. The quantitative estimate of drug-likeness (QED) is 0.481. The third kappa shape index (κ3) is 5.25. The minimum atomic E-state index is -0.688. The lowest BCUT2D eigenvalue weighted by atomic mass is 9.94. The smallest absolute Gasteiger partial charge is 0.256 e. The van der Waals surface area contributed by atoms with E-state index in [0.29, 0.717) is 48.4 Å². The Morgan fingerprint density at radius 1 is 1.16 bits per heavy atom. The van der Waals surface area contributed by atoms with Gasteiger partial charge in [0, 0.05) is 56.3 Å². The fourth-order valence-corrected chi connectivity index (χ4v) is 5.42. The summed E-state index contributed by atoms with van der Waals surface area (Å²) in [6, 6.07) is 5.13. The van der Waals surface area contributed by atoms with Gasteiger partial charge in [-0.05, 0) is 43.2 Å². The van der Waals surface area contributed by atoms with Crippen molar-refractivity contribution in [3.8, 4) is 11.3 Å². The van der Waals surface area contributed by atoms with Crippen molar-refractivity contribution in [2.75, 3.05) is 13.1 Å². The molecule has 0 spiro atoms. The molecule has 2 amide bonds. The topological polar surface area (TPSA) is 79.3 Å². The summed E-state index contributed by atoms with van der Waals surface area (Å²) in [5.41, 5.74) is 2.82. The molecular weight excluding hydrogens is 542 g/mol. The zero-order valence-corrected chi connectivity index (χ0v) is 22.2. The van der Waals surface area contributed by atoms with Gasteiger partial charge in [0.25, 0.3) is 5.91 Å². The molecule has 2 aromatic carbocycles. The highest BCUT2D eigenvalue weighted by Gasteiger charge is 2.34. The van der Waals surface area contributed by atoms with Crippen molar-refractivity contribution >= 4 is 35.8 Å². The summed E-state index contributed by atoms with van der Waals surface area (Å²) in [5, 5.41) is 10.6. The van der Waals surface area contributed by atoms with E-state index in [0.717, 1.165) is 17.7 Å². The Morgan fingerprint density at radius 2 is 1.84 bits per heavy atom. The van der Waals surface area contributed by atoms with Gasteiger partial charge >= 0.3 is 0 Å². The highest BCUT2D eigenvalue weighted by Crippen LogP contribution is 2.37. The molecule has 1 fully saturated rings. The molecular formula is C26H26Cl2F3N5O2. The number of nitrogens with zero attached hydrogens (tertiary/aromatic N) is 3. The van der Waals surface area contributed by atoms with Crippen molar-refractivity contribution in [2.45, 2.75) is 38.4 Å². The number of hydrogen-bond donors (Lipinski definition) is 2. The van der Waals surface area contributed by atoms with Crippen molar-refractivity contribution < 1.29 is 22.8 Å². The van der Waals surface area contributed by atoms with Crippen LogP contribution in [-0.2, 0) is 24.8 Å². The molecule has 1 aromatic heterocycles. The van der Waals surface area contributed by atoms with Crippen LogP contribution in [0.25, 0.3) is 11.3 Å². The fraction of sp³-hybridized carbons (Fsp3) is 0.346. The van der Waals surface area contributed by atoms with Crippen molar-refractivity contribution in [1.82, 2.24) is 25.3 Å². The van der Waals surface area contributed by atoms with E-state index >= 15 is 0 Å². The van der Waals surface area contributed by atoms with E-state index in [9.17, 15) is 22.8 Å². The SMILES string of the molecule is CC1c2nn(C)c(-c3cc(F)cc(F)c3)c2CCN1C(=O)c1cc(F)cc(CNC2CNC(=O)C2)c1Cl.Cl. The first-order chi connectivity index (χ1) is 17.6. The Balaban J connectivity index is 0.00000336. The zero-order valence-electron chi connectivity index (χ0n) is 20.7. The third-order valence-corrected chi connectivity index (χ3v) is 7.39. The average Bonchev–Trinajstić information content (AvgIpc) is 3.41. The first kappa shape index (κ1) is 27.9. The molecule has 3 aromatic rings. The molecule has 2 aliphatic rings. The lowest BCUT2D eigenvalue weighted by Gasteiger charge is -2.33. The number of amides is 2. The zero-order chi connectivity index (χ0) is 26.4. The number of carbonyl (C=O) groups excluding carboxylic acids is 2.